The molecule has 0 aliphatic heterocycles. The lowest BCUT2D eigenvalue weighted by molar-refractivity contribution is -0.113. The minimum absolute atomic E-state index is 0.473. The molecule has 0 bridgehead atoms. The van der Waals surface area contributed by atoms with E-state index in [4.69, 9.17) is 5.73 Å². The SMILES string of the molecule is CCc1ncc(/C=C\C(N)=O)cn1. The highest BCUT2D eigenvalue weighted by Gasteiger charge is 1.92. The van der Waals surface area contributed by atoms with Crippen molar-refractivity contribution in [3.63, 3.8) is 0 Å². The number of aromatic nitrogens is 2. The summed E-state index contributed by atoms with van der Waals surface area (Å²) >= 11 is 0. The van der Waals surface area contributed by atoms with Gasteiger partial charge in [0.05, 0.1) is 0 Å². The Labute approximate surface area is 76.5 Å². The largest absolute Gasteiger partial charge is 0.366 e. The van der Waals surface area contributed by atoms with Gasteiger partial charge < -0.3 is 5.73 Å². The van der Waals surface area contributed by atoms with Gasteiger partial charge in [-0.15, -0.1) is 0 Å². The van der Waals surface area contributed by atoms with Gasteiger partial charge >= 0.3 is 0 Å². The maximum atomic E-state index is 10.4. The average Bonchev–Trinajstić information content (AvgIpc) is 2.15. The van der Waals surface area contributed by atoms with Gasteiger partial charge in [0.1, 0.15) is 5.82 Å². The maximum absolute atomic E-state index is 10.4. The zero-order valence-corrected chi connectivity index (χ0v) is 7.40. The van der Waals surface area contributed by atoms with E-state index in [0.717, 1.165) is 17.8 Å². The molecule has 1 rings (SSSR count). The first-order chi connectivity index (χ1) is 6.22. The first-order valence-corrected chi connectivity index (χ1v) is 4.01. The van der Waals surface area contributed by atoms with E-state index >= 15 is 0 Å². The maximum Gasteiger partial charge on any atom is 0.241 e. The molecule has 0 fully saturated rings. The summed E-state index contributed by atoms with van der Waals surface area (Å²) in [5.41, 5.74) is 5.70. The van der Waals surface area contributed by atoms with Crippen LogP contribution in [-0.4, -0.2) is 15.9 Å². The molecule has 1 heterocycles. The minimum Gasteiger partial charge on any atom is -0.366 e. The molecule has 2 N–H and O–H groups in total. The van der Waals surface area contributed by atoms with Crippen molar-refractivity contribution in [2.45, 2.75) is 13.3 Å². The van der Waals surface area contributed by atoms with Crippen LogP contribution in [0.2, 0.25) is 0 Å². The van der Waals surface area contributed by atoms with Crippen LogP contribution >= 0.6 is 0 Å². The van der Waals surface area contributed by atoms with Gasteiger partial charge in [0.15, 0.2) is 0 Å². The molecular formula is C9H11N3O. The summed E-state index contributed by atoms with van der Waals surface area (Å²) in [5.74, 6) is 0.316. The molecule has 0 aliphatic rings. The third-order valence-electron chi connectivity index (χ3n) is 1.48. The fourth-order valence-corrected chi connectivity index (χ4v) is 0.812. The Bertz CT molecular complexity index is 316. The van der Waals surface area contributed by atoms with E-state index < -0.39 is 5.91 Å². The number of hydrogen-bond acceptors (Lipinski definition) is 3. The van der Waals surface area contributed by atoms with Crippen LogP contribution in [0.15, 0.2) is 18.5 Å². The number of carbonyl (C=O) groups is 1. The van der Waals surface area contributed by atoms with E-state index in [1.165, 1.54) is 6.08 Å². The van der Waals surface area contributed by atoms with Gasteiger partial charge in [0.2, 0.25) is 5.91 Å². The van der Waals surface area contributed by atoms with E-state index in [-0.39, 0.29) is 0 Å². The summed E-state index contributed by atoms with van der Waals surface area (Å²) in [6.45, 7) is 1.98. The summed E-state index contributed by atoms with van der Waals surface area (Å²) in [5, 5.41) is 0. The van der Waals surface area contributed by atoms with E-state index in [1.54, 1.807) is 18.5 Å². The van der Waals surface area contributed by atoms with Crippen molar-refractivity contribution < 1.29 is 4.79 Å². The zero-order chi connectivity index (χ0) is 9.68. The zero-order valence-electron chi connectivity index (χ0n) is 7.40. The lowest BCUT2D eigenvalue weighted by Gasteiger charge is -1.94. The first-order valence-electron chi connectivity index (χ1n) is 4.01. The second-order valence-electron chi connectivity index (χ2n) is 2.52. The third kappa shape index (κ3) is 3.02. The second kappa shape index (κ2) is 4.35. The van der Waals surface area contributed by atoms with Crippen molar-refractivity contribution >= 4 is 12.0 Å². The second-order valence-corrected chi connectivity index (χ2v) is 2.52. The number of rotatable bonds is 3. The van der Waals surface area contributed by atoms with Crippen molar-refractivity contribution in [2.24, 2.45) is 5.73 Å². The van der Waals surface area contributed by atoms with Gasteiger partial charge in [-0.3, -0.25) is 4.79 Å². The highest BCUT2D eigenvalue weighted by molar-refractivity contribution is 5.90. The van der Waals surface area contributed by atoms with Crippen LogP contribution < -0.4 is 5.73 Å². The topological polar surface area (TPSA) is 68.9 Å². The van der Waals surface area contributed by atoms with Crippen LogP contribution in [0.3, 0.4) is 0 Å². The minimum atomic E-state index is -0.473. The Kier molecular flexibility index (Phi) is 3.14. The molecule has 1 amide bonds. The van der Waals surface area contributed by atoms with Crippen molar-refractivity contribution in [3.05, 3.63) is 29.9 Å². The summed E-state index contributed by atoms with van der Waals surface area (Å²) in [6.07, 6.45) is 6.99. The predicted octanol–water partition coefficient (Wildman–Crippen LogP) is 0.538. The molecule has 0 aromatic carbocycles. The summed E-state index contributed by atoms with van der Waals surface area (Å²) in [7, 11) is 0. The Morgan fingerprint density at radius 2 is 2.15 bits per heavy atom. The summed E-state index contributed by atoms with van der Waals surface area (Å²) < 4.78 is 0. The standard InChI is InChI=1S/C9H11N3O/c1-2-9-11-5-7(6-12-9)3-4-8(10)13/h3-6H,2H2,1H3,(H2,10,13)/b4-3-. The van der Waals surface area contributed by atoms with Crippen LogP contribution in [0.5, 0.6) is 0 Å². The Morgan fingerprint density at radius 1 is 1.54 bits per heavy atom. The molecule has 0 radical (unpaired) electrons. The van der Waals surface area contributed by atoms with Gasteiger partial charge in [-0.1, -0.05) is 6.92 Å². The Morgan fingerprint density at radius 3 is 2.62 bits per heavy atom. The van der Waals surface area contributed by atoms with Gasteiger partial charge in [-0.25, -0.2) is 9.97 Å². The molecule has 0 saturated carbocycles. The monoisotopic (exact) mass is 177 g/mol. The molecular weight excluding hydrogens is 166 g/mol. The van der Waals surface area contributed by atoms with E-state index in [9.17, 15) is 4.79 Å². The van der Waals surface area contributed by atoms with Crippen LogP contribution in [0, 0.1) is 0 Å². The fourth-order valence-electron chi connectivity index (χ4n) is 0.812. The number of primary amides is 1. The number of nitrogens with zero attached hydrogens (tertiary/aromatic N) is 2. The molecule has 0 aliphatic carbocycles. The van der Waals surface area contributed by atoms with Crippen LogP contribution in [-0.2, 0) is 11.2 Å². The highest BCUT2D eigenvalue weighted by Crippen LogP contribution is 1.98. The predicted molar refractivity (Wildman–Crippen MR) is 49.6 cm³/mol. The Hall–Kier alpha value is -1.71. The number of hydrogen-bond donors (Lipinski definition) is 1. The van der Waals surface area contributed by atoms with Gasteiger partial charge in [-0.2, -0.15) is 0 Å². The number of carbonyl (C=O) groups excluding carboxylic acids is 1. The van der Waals surface area contributed by atoms with Crippen molar-refractivity contribution in [1.29, 1.82) is 0 Å². The molecule has 0 unspecified atom stereocenters. The molecule has 1 aromatic heterocycles. The normalized spacial score (nSPS) is 10.5. The van der Waals surface area contributed by atoms with Crippen molar-refractivity contribution in [1.82, 2.24) is 9.97 Å². The van der Waals surface area contributed by atoms with E-state index in [2.05, 4.69) is 9.97 Å². The number of amides is 1. The smallest absolute Gasteiger partial charge is 0.241 e. The van der Waals surface area contributed by atoms with Crippen LogP contribution in [0.1, 0.15) is 18.3 Å². The average molecular weight is 177 g/mol. The number of nitrogens with two attached hydrogens (primary N) is 1. The fraction of sp³-hybridized carbons (Fsp3) is 0.222. The van der Waals surface area contributed by atoms with Crippen molar-refractivity contribution in [2.75, 3.05) is 0 Å². The van der Waals surface area contributed by atoms with Gasteiger partial charge in [0, 0.05) is 30.5 Å². The van der Waals surface area contributed by atoms with E-state index in [0.29, 0.717) is 0 Å². The molecule has 13 heavy (non-hydrogen) atoms. The highest BCUT2D eigenvalue weighted by atomic mass is 16.1. The molecule has 0 atom stereocenters. The molecule has 1 aromatic rings. The lowest BCUT2D eigenvalue weighted by atomic mass is 10.3. The van der Waals surface area contributed by atoms with Crippen LogP contribution in [0.4, 0.5) is 0 Å². The summed E-state index contributed by atoms with van der Waals surface area (Å²) in [6, 6.07) is 0. The number of aryl methyl sites for hydroxylation is 1. The first kappa shape index (κ1) is 9.38. The third-order valence-corrected chi connectivity index (χ3v) is 1.48. The van der Waals surface area contributed by atoms with E-state index in [1.807, 2.05) is 6.92 Å². The molecule has 4 heteroatoms. The van der Waals surface area contributed by atoms with Gasteiger partial charge in [0.25, 0.3) is 0 Å². The lowest BCUT2D eigenvalue weighted by Crippen LogP contribution is -2.05. The molecule has 0 saturated heterocycles. The van der Waals surface area contributed by atoms with Crippen LogP contribution in [0.25, 0.3) is 6.08 Å². The molecule has 68 valence electrons. The Balaban J connectivity index is 2.75. The molecule has 4 nitrogen and oxygen atoms in total. The van der Waals surface area contributed by atoms with Crippen molar-refractivity contribution in [3.8, 4) is 0 Å². The molecule has 0 spiro atoms. The summed E-state index contributed by atoms with van der Waals surface area (Å²) in [4.78, 5) is 18.5. The quantitative estimate of drug-likeness (QED) is 0.685. The van der Waals surface area contributed by atoms with Gasteiger partial charge in [-0.05, 0) is 6.08 Å².